The summed E-state index contributed by atoms with van der Waals surface area (Å²) >= 11 is 3.33. The number of thiazole rings is 2. The van der Waals surface area contributed by atoms with Crippen molar-refractivity contribution in [1.82, 2.24) is 9.97 Å². The van der Waals surface area contributed by atoms with E-state index < -0.39 is 0 Å². The lowest BCUT2D eigenvalue weighted by atomic mass is 10.4. The highest BCUT2D eigenvalue weighted by atomic mass is 32.1. The molecule has 0 saturated heterocycles. The molecule has 0 atom stereocenters. The number of hydrogen-bond donors (Lipinski definition) is 1. The zero-order valence-electron chi connectivity index (χ0n) is 8.78. The Morgan fingerprint density at radius 1 is 1.20 bits per heavy atom. The van der Waals surface area contributed by atoms with Crippen LogP contribution in [-0.2, 0) is 13.0 Å². The van der Waals surface area contributed by atoms with E-state index in [1.54, 1.807) is 22.7 Å². The van der Waals surface area contributed by atoms with Gasteiger partial charge in [-0.1, -0.05) is 6.92 Å². The molecular formula is C10H13N3S2. The van der Waals surface area contributed by atoms with Gasteiger partial charge in [0, 0.05) is 10.8 Å². The summed E-state index contributed by atoms with van der Waals surface area (Å²) in [5, 5.41) is 9.55. The minimum Gasteiger partial charge on any atom is -0.356 e. The van der Waals surface area contributed by atoms with Crippen molar-refractivity contribution in [1.29, 1.82) is 0 Å². The van der Waals surface area contributed by atoms with Gasteiger partial charge in [0.25, 0.3) is 0 Å². The molecule has 80 valence electrons. The highest BCUT2D eigenvalue weighted by Crippen LogP contribution is 2.17. The van der Waals surface area contributed by atoms with Crippen LogP contribution in [0.4, 0.5) is 5.13 Å². The summed E-state index contributed by atoms with van der Waals surface area (Å²) < 4.78 is 0. The van der Waals surface area contributed by atoms with E-state index in [0.29, 0.717) is 0 Å². The van der Waals surface area contributed by atoms with Crippen LogP contribution in [0.25, 0.3) is 0 Å². The number of nitrogens with one attached hydrogen (secondary N) is 1. The zero-order chi connectivity index (χ0) is 10.7. The van der Waals surface area contributed by atoms with E-state index in [9.17, 15) is 0 Å². The van der Waals surface area contributed by atoms with Gasteiger partial charge >= 0.3 is 0 Å². The number of hydrogen-bond acceptors (Lipinski definition) is 5. The van der Waals surface area contributed by atoms with Crippen molar-refractivity contribution in [2.24, 2.45) is 0 Å². The van der Waals surface area contributed by atoms with Crippen molar-refractivity contribution in [3.63, 3.8) is 0 Å². The first kappa shape index (κ1) is 10.6. The maximum Gasteiger partial charge on any atom is 0.183 e. The SMILES string of the molecule is CCc1csc(NCc2csc(C)n2)n1. The molecule has 0 aromatic carbocycles. The predicted octanol–water partition coefficient (Wildman–Crippen LogP) is 3.08. The Balaban J connectivity index is 1.93. The zero-order valence-corrected chi connectivity index (χ0v) is 10.4. The molecule has 0 fully saturated rings. The smallest absolute Gasteiger partial charge is 0.183 e. The van der Waals surface area contributed by atoms with Gasteiger partial charge in [-0.2, -0.15) is 0 Å². The molecule has 0 spiro atoms. The van der Waals surface area contributed by atoms with Crippen LogP contribution >= 0.6 is 22.7 Å². The van der Waals surface area contributed by atoms with E-state index in [1.807, 2.05) is 6.92 Å². The highest BCUT2D eigenvalue weighted by Gasteiger charge is 2.01. The maximum atomic E-state index is 4.43. The van der Waals surface area contributed by atoms with Gasteiger partial charge in [-0.05, 0) is 13.3 Å². The van der Waals surface area contributed by atoms with Crippen LogP contribution in [0.5, 0.6) is 0 Å². The number of nitrogens with zero attached hydrogens (tertiary/aromatic N) is 2. The van der Waals surface area contributed by atoms with Gasteiger partial charge in [0.1, 0.15) is 0 Å². The van der Waals surface area contributed by atoms with Gasteiger partial charge in [0.05, 0.1) is 22.9 Å². The monoisotopic (exact) mass is 239 g/mol. The van der Waals surface area contributed by atoms with Crippen molar-refractivity contribution in [3.8, 4) is 0 Å². The van der Waals surface area contributed by atoms with Gasteiger partial charge in [-0.3, -0.25) is 0 Å². The second-order valence-corrected chi connectivity index (χ2v) is 5.13. The molecule has 0 aliphatic carbocycles. The molecule has 5 heteroatoms. The molecule has 2 aromatic rings. The molecule has 0 unspecified atom stereocenters. The normalized spacial score (nSPS) is 10.5. The molecule has 0 aliphatic rings. The lowest BCUT2D eigenvalue weighted by molar-refractivity contribution is 1.02. The summed E-state index contributed by atoms with van der Waals surface area (Å²) in [5.74, 6) is 0. The summed E-state index contributed by atoms with van der Waals surface area (Å²) in [7, 11) is 0. The van der Waals surface area contributed by atoms with Crippen LogP contribution in [0.1, 0.15) is 23.3 Å². The molecule has 0 amide bonds. The number of rotatable bonds is 4. The van der Waals surface area contributed by atoms with Crippen molar-refractivity contribution in [3.05, 3.63) is 27.2 Å². The molecule has 0 saturated carbocycles. The van der Waals surface area contributed by atoms with Crippen LogP contribution in [0.15, 0.2) is 10.8 Å². The quantitative estimate of drug-likeness (QED) is 0.891. The molecule has 0 bridgehead atoms. The molecule has 0 aliphatic heterocycles. The van der Waals surface area contributed by atoms with Gasteiger partial charge in [0.15, 0.2) is 5.13 Å². The van der Waals surface area contributed by atoms with E-state index in [1.165, 1.54) is 0 Å². The Bertz CT molecular complexity index is 433. The van der Waals surface area contributed by atoms with Crippen LogP contribution in [0, 0.1) is 6.92 Å². The minimum atomic E-state index is 0.765. The molecule has 15 heavy (non-hydrogen) atoms. The lowest BCUT2D eigenvalue weighted by Gasteiger charge is -1.98. The molecule has 0 radical (unpaired) electrons. The number of anilines is 1. The first-order chi connectivity index (χ1) is 7.28. The van der Waals surface area contributed by atoms with Crippen LogP contribution < -0.4 is 5.32 Å². The van der Waals surface area contributed by atoms with Crippen molar-refractivity contribution in [2.75, 3.05) is 5.32 Å². The Kier molecular flexibility index (Phi) is 3.33. The Morgan fingerprint density at radius 2 is 2.00 bits per heavy atom. The van der Waals surface area contributed by atoms with Gasteiger partial charge in [0.2, 0.25) is 0 Å². The fourth-order valence-corrected chi connectivity index (χ4v) is 2.61. The fourth-order valence-electron chi connectivity index (χ4n) is 1.21. The largest absolute Gasteiger partial charge is 0.356 e. The molecule has 2 rings (SSSR count). The molecule has 2 aromatic heterocycles. The maximum absolute atomic E-state index is 4.43. The van der Waals surface area contributed by atoms with Crippen LogP contribution in [0.2, 0.25) is 0 Å². The van der Waals surface area contributed by atoms with E-state index >= 15 is 0 Å². The molecule has 1 N–H and O–H groups in total. The van der Waals surface area contributed by atoms with Crippen molar-refractivity contribution < 1.29 is 0 Å². The molecular weight excluding hydrogens is 226 g/mol. The predicted molar refractivity (Wildman–Crippen MR) is 65.7 cm³/mol. The van der Waals surface area contributed by atoms with Crippen molar-refractivity contribution >= 4 is 27.8 Å². The van der Waals surface area contributed by atoms with Gasteiger partial charge in [-0.25, -0.2) is 9.97 Å². The second-order valence-electron chi connectivity index (χ2n) is 3.21. The fraction of sp³-hybridized carbons (Fsp3) is 0.400. The first-order valence-corrected chi connectivity index (χ1v) is 6.63. The summed E-state index contributed by atoms with van der Waals surface area (Å²) in [6, 6.07) is 0. The average molecular weight is 239 g/mol. The number of aryl methyl sites for hydroxylation is 2. The third kappa shape index (κ3) is 2.76. The van der Waals surface area contributed by atoms with Crippen molar-refractivity contribution in [2.45, 2.75) is 26.8 Å². The topological polar surface area (TPSA) is 37.8 Å². The Labute approximate surface area is 97.2 Å². The van der Waals surface area contributed by atoms with E-state index in [-0.39, 0.29) is 0 Å². The third-order valence-electron chi connectivity index (χ3n) is 2.00. The summed E-state index contributed by atoms with van der Waals surface area (Å²) in [6.45, 7) is 4.90. The Morgan fingerprint density at radius 3 is 2.60 bits per heavy atom. The van der Waals surface area contributed by atoms with E-state index in [0.717, 1.165) is 34.5 Å². The highest BCUT2D eigenvalue weighted by molar-refractivity contribution is 7.13. The van der Waals surface area contributed by atoms with Crippen LogP contribution in [0.3, 0.4) is 0 Å². The summed E-state index contributed by atoms with van der Waals surface area (Å²) in [6.07, 6.45) is 0.994. The standard InChI is InChI=1S/C10H13N3S2/c1-3-8-5-15-10(13-8)11-4-9-6-14-7(2)12-9/h5-6H,3-4H2,1-2H3,(H,11,13). The summed E-state index contributed by atoms with van der Waals surface area (Å²) in [5.41, 5.74) is 2.24. The first-order valence-electron chi connectivity index (χ1n) is 4.87. The second kappa shape index (κ2) is 4.72. The van der Waals surface area contributed by atoms with Gasteiger partial charge in [-0.15, -0.1) is 22.7 Å². The average Bonchev–Trinajstić information content (AvgIpc) is 2.83. The molecule has 3 nitrogen and oxygen atoms in total. The number of aromatic nitrogens is 2. The molecule has 2 heterocycles. The van der Waals surface area contributed by atoms with Crippen LogP contribution in [-0.4, -0.2) is 9.97 Å². The van der Waals surface area contributed by atoms with Gasteiger partial charge < -0.3 is 5.32 Å². The van der Waals surface area contributed by atoms with E-state index in [2.05, 4.69) is 33.0 Å². The van der Waals surface area contributed by atoms with E-state index in [4.69, 9.17) is 0 Å². The summed E-state index contributed by atoms with van der Waals surface area (Å²) in [4.78, 5) is 8.82. The third-order valence-corrected chi connectivity index (χ3v) is 3.67. The minimum absolute atomic E-state index is 0.765. The lowest BCUT2D eigenvalue weighted by Crippen LogP contribution is -1.99. The Hall–Kier alpha value is -0.940.